The van der Waals surface area contributed by atoms with Crippen LogP contribution in [0.3, 0.4) is 0 Å². The monoisotopic (exact) mass is 890 g/mol. The fraction of sp³-hybridized carbons (Fsp3) is 1.00. The Labute approximate surface area is 341 Å². The summed E-state index contributed by atoms with van der Waals surface area (Å²) in [7, 11) is -11.1. The Morgan fingerprint density at radius 1 is 0.241 bits per heavy atom. The van der Waals surface area contributed by atoms with Gasteiger partial charge in [0.05, 0.1) is 48.6 Å². The van der Waals surface area contributed by atoms with Crippen molar-refractivity contribution < 1.29 is 27.4 Å². The highest BCUT2D eigenvalue weighted by Gasteiger charge is 2.24. The van der Waals surface area contributed by atoms with Crippen LogP contribution in [-0.2, 0) is 27.4 Å². The predicted molar refractivity (Wildman–Crippen MR) is 261 cm³/mol. The average Bonchev–Trinajstić information content (AvgIpc) is 2.93. The van der Waals surface area contributed by atoms with E-state index < -0.39 is 42.9 Å². The fourth-order valence-corrected chi connectivity index (χ4v) is 12.9. The predicted octanol–water partition coefficient (Wildman–Crippen LogP) is 14.8. The van der Waals surface area contributed by atoms with Crippen LogP contribution in [0.25, 0.3) is 0 Å². The molecule has 0 spiro atoms. The smallest absolute Gasteiger partial charge is 0.0979 e. The SMILES string of the molecule is CC(C)C(C)P(C)(C)=O.CC(C)C(C)P(C)(C)=O.CC(C)C(C)P(C)(C)=O.CC(C)C(C)P(C)(C)=O.CC(C)C(C)P(C)(C)=O.CC(C)C(N)P(C)(C)=O. The van der Waals surface area contributed by atoms with Gasteiger partial charge in [0, 0.05) is 28.3 Å². The molecule has 0 aliphatic rings. The molecule has 2 N–H and O–H groups in total. The van der Waals surface area contributed by atoms with Crippen LogP contribution >= 0.6 is 42.9 Å². The minimum absolute atomic E-state index is 0.127. The molecule has 0 aliphatic heterocycles. The van der Waals surface area contributed by atoms with Gasteiger partial charge < -0.3 is 33.1 Å². The lowest BCUT2D eigenvalue weighted by Crippen LogP contribution is -2.25. The van der Waals surface area contributed by atoms with Gasteiger partial charge in [0.15, 0.2) is 0 Å². The summed E-state index contributed by atoms with van der Waals surface area (Å²) >= 11 is 0. The van der Waals surface area contributed by atoms with Crippen LogP contribution < -0.4 is 5.73 Å². The Morgan fingerprint density at radius 3 is 0.352 bits per heavy atom. The molecular formula is C41H101NO6P6. The summed E-state index contributed by atoms with van der Waals surface area (Å²) in [5.41, 5.74) is 7.49. The molecule has 0 aliphatic carbocycles. The quantitative estimate of drug-likeness (QED) is 0.193. The molecule has 0 aromatic heterocycles. The molecule has 0 saturated carbocycles. The largest absolute Gasteiger partial charge is 0.324 e. The van der Waals surface area contributed by atoms with E-state index in [0.29, 0.717) is 63.8 Å². The zero-order valence-corrected chi connectivity index (χ0v) is 47.0. The summed E-state index contributed by atoms with van der Waals surface area (Å²) in [6.45, 7) is 57.5. The van der Waals surface area contributed by atoms with E-state index in [0.717, 1.165) is 0 Å². The summed E-state index contributed by atoms with van der Waals surface area (Å²) in [5.74, 6) is 2.93. The molecule has 0 bridgehead atoms. The van der Waals surface area contributed by atoms with Gasteiger partial charge in [-0.25, -0.2) is 0 Å². The molecule has 13 heteroatoms. The molecular weight excluding hydrogens is 788 g/mol. The van der Waals surface area contributed by atoms with Crippen LogP contribution in [0.4, 0.5) is 0 Å². The van der Waals surface area contributed by atoms with E-state index >= 15 is 0 Å². The molecule has 0 aromatic rings. The molecule has 6 atom stereocenters. The van der Waals surface area contributed by atoms with Crippen LogP contribution in [0.2, 0.25) is 0 Å². The molecule has 0 amide bonds. The Morgan fingerprint density at radius 2 is 0.352 bits per heavy atom. The number of rotatable bonds is 12. The second kappa shape index (κ2) is 28.7. The molecule has 0 heterocycles. The van der Waals surface area contributed by atoms with Gasteiger partial charge in [0.25, 0.3) is 0 Å². The van der Waals surface area contributed by atoms with E-state index in [2.05, 4.69) is 104 Å². The molecule has 0 rings (SSSR count). The third-order valence-corrected chi connectivity index (χ3v) is 26.0. The van der Waals surface area contributed by atoms with E-state index in [1.165, 1.54) is 0 Å². The number of nitrogens with two attached hydrogens (primary N) is 1. The molecule has 54 heavy (non-hydrogen) atoms. The normalized spacial score (nSPS) is 16.2. The van der Waals surface area contributed by atoms with Crippen LogP contribution in [0.1, 0.15) is 118 Å². The van der Waals surface area contributed by atoms with Crippen LogP contribution in [-0.4, -0.2) is 114 Å². The van der Waals surface area contributed by atoms with E-state index in [9.17, 15) is 27.4 Å². The first-order chi connectivity index (χ1) is 23.1. The van der Waals surface area contributed by atoms with Gasteiger partial charge in [-0.2, -0.15) is 0 Å². The van der Waals surface area contributed by atoms with Crippen molar-refractivity contribution in [3.05, 3.63) is 0 Å². The lowest BCUT2D eigenvalue weighted by Gasteiger charge is -2.19. The molecule has 0 radical (unpaired) electrons. The van der Waals surface area contributed by atoms with Crippen LogP contribution in [0.15, 0.2) is 0 Å². The minimum Gasteiger partial charge on any atom is -0.324 e. The number of hydrogen-bond donors (Lipinski definition) is 1. The first kappa shape index (κ1) is 67.1. The highest BCUT2D eigenvalue weighted by Crippen LogP contribution is 2.48. The summed E-state index contributed by atoms with van der Waals surface area (Å²) in [4.78, 5) is 0. The summed E-state index contributed by atoms with van der Waals surface area (Å²) in [6.07, 6.45) is 0. The third kappa shape index (κ3) is 38.8. The zero-order valence-electron chi connectivity index (χ0n) is 41.6. The first-order valence-electron chi connectivity index (χ1n) is 20.2. The van der Waals surface area contributed by atoms with Crippen molar-refractivity contribution in [2.75, 3.05) is 80.0 Å². The van der Waals surface area contributed by atoms with Crippen LogP contribution in [0.5, 0.6) is 0 Å². The Balaban J connectivity index is -0.000000128. The summed E-state index contributed by atoms with van der Waals surface area (Å²) < 4.78 is 68.0. The average molecular weight is 890 g/mol. The lowest BCUT2D eigenvalue weighted by atomic mass is 10.2. The summed E-state index contributed by atoms with van der Waals surface area (Å²) in [5, 5.41) is 0. The van der Waals surface area contributed by atoms with Crippen molar-refractivity contribution in [1.82, 2.24) is 0 Å². The lowest BCUT2D eigenvalue weighted by molar-refractivity contribution is 0.539. The standard InChI is InChI=1S/5C7H17OP.C6H16NOP/c5*1-6(2)7(3)9(4,5)8;1-5(2)6(7)9(3,4)8/h5*6-7H,1-5H3;5-6H,7H2,1-4H3. The van der Waals surface area contributed by atoms with Gasteiger partial charge in [-0.1, -0.05) is 118 Å². The molecule has 0 fully saturated rings. The van der Waals surface area contributed by atoms with Crippen molar-refractivity contribution in [1.29, 1.82) is 0 Å². The number of hydrogen-bond acceptors (Lipinski definition) is 7. The van der Waals surface area contributed by atoms with Crippen molar-refractivity contribution in [2.24, 2.45) is 41.2 Å². The van der Waals surface area contributed by atoms with Gasteiger partial charge in [-0.15, -0.1) is 0 Å². The molecule has 0 saturated heterocycles. The minimum atomic E-state index is -2.04. The maximum atomic E-state index is 11.4. The molecule has 6 unspecified atom stereocenters. The van der Waals surface area contributed by atoms with Gasteiger partial charge in [0.1, 0.15) is 0 Å². The second-order valence-electron chi connectivity index (χ2n) is 20.3. The highest BCUT2D eigenvalue weighted by molar-refractivity contribution is 7.64. The topological polar surface area (TPSA) is 128 Å². The highest BCUT2D eigenvalue weighted by atomic mass is 31.2. The van der Waals surface area contributed by atoms with Crippen molar-refractivity contribution in [2.45, 2.75) is 152 Å². The molecule has 0 aromatic carbocycles. The van der Waals surface area contributed by atoms with Crippen molar-refractivity contribution in [3.8, 4) is 0 Å². The Bertz CT molecular complexity index is 992. The van der Waals surface area contributed by atoms with E-state index in [1.807, 2.05) is 80.5 Å². The van der Waals surface area contributed by atoms with Gasteiger partial charge in [0.2, 0.25) is 0 Å². The Hall–Kier alpha value is 1.34. The van der Waals surface area contributed by atoms with Crippen LogP contribution in [0, 0.1) is 35.5 Å². The van der Waals surface area contributed by atoms with E-state index in [4.69, 9.17) is 5.73 Å². The Kier molecular flexibility index (Phi) is 35.7. The summed E-state index contributed by atoms with van der Waals surface area (Å²) in [6, 6.07) is 0. The molecule has 7 nitrogen and oxygen atoms in total. The van der Waals surface area contributed by atoms with Crippen molar-refractivity contribution in [3.63, 3.8) is 0 Å². The zero-order chi connectivity index (χ0) is 45.9. The van der Waals surface area contributed by atoms with Gasteiger partial charge in [-0.3, -0.25) is 0 Å². The van der Waals surface area contributed by atoms with E-state index in [-0.39, 0.29) is 5.78 Å². The maximum Gasteiger partial charge on any atom is 0.0979 e. The van der Waals surface area contributed by atoms with Crippen molar-refractivity contribution >= 4 is 42.9 Å². The first-order valence-corrected chi connectivity index (χ1v) is 36.2. The fourth-order valence-electron chi connectivity index (χ4n) is 4.31. The molecule has 336 valence electrons. The second-order valence-corrected chi connectivity index (χ2v) is 42.1. The van der Waals surface area contributed by atoms with E-state index in [1.54, 1.807) is 13.3 Å². The van der Waals surface area contributed by atoms with Gasteiger partial charge >= 0.3 is 0 Å². The maximum absolute atomic E-state index is 11.4. The van der Waals surface area contributed by atoms with Gasteiger partial charge in [-0.05, 0) is 115 Å². The third-order valence-electron chi connectivity index (χ3n) is 11.1.